The zero-order valence-electron chi connectivity index (χ0n) is 10.0. The largest absolute Gasteiger partial charge is 0.418 e. The summed E-state index contributed by atoms with van der Waals surface area (Å²) in [6.07, 6.45) is -4.64. The number of nitrogens with zero attached hydrogens (tertiary/aromatic N) is 1. The van der Waals surface area contributed by atoms with E-state index in [1.165, 1.54) is 0 Å². The van der Waals surface area contributed by atoms with Crippen molar-refractivity contribution in [3.05, 3.63) is 22.6 Å². The minimum absolute atomic E-state index is 0.235. The topological polar surface area (TPSA) is 38.9 Å². The molecule has 6 heteroatoms. The van der Waals surface area contributed by atoms with Crippen molar-refractivity contribution in [1.82, 2.24) is 4.98 Å². The van der Waals surface area contributed by atoms with Gasteiger partial charge in [-0.3, -0.25) is 0 Å². The van der Waals surface area contributed by atoms with Crippen LogP contribution in [0.1, 0.15) is 37.6 Å². The Morgan fingerprint density at radius 1 is 1.12 bits per heavy atom. The first-order chi connectivity index (χ1) is 7.46. The molecule has 1 aromatic rings. The number of aromatic nitrogens is 1. The van der Waals surface area contributed by atoms with E-state index in [1.807, 2.05) is 0 Å². The zero-order chi connectivity index (χ0) is 13.6. The highest BCUT2D eigenvalue weighted by Crippen LogP contribution is 2.40. The maximum atomic E-state index is 13.4. The number of rotatable bonds is 0. The molecule has 2 nitrogen and oxygen atoms in total. The Balaban J connectivity index is 3.71. The second kappa shape index (κ2) is 3.85. The lowest BCUT2D eigenvalue weighted by Crippen LogP contribution is -2.24. The van der Waals surface area contributed by atoms with Gasteiger partial charge >= 0.3 is 6.18 Å². The van der Waals surface area contributed by atoms with Gasteiger partial charge in [0.15, 0.2) is 11.6 Å². The molecular formula is C11H14F4N2. The molecule has 0 radical (unpaired) electrons. The first-order valence-corrected chi connectivity index (χ1v) is 4.99. The molecule has 0 saturated carbocycles. The molecule has 0 aliphatic carbocycles. The van der Waals surface area contributed by atoms with Crippen LogP contribution in [-0.4, -0.2) is 4.98 Å². The number of halogens is 4. The lowest BCUT2D eigenvalue weighted by atomic mass is 9.86. The predicted molar refractivity (Wildman–Crippen MR) is 57.0 cm³/mol. The highest BCUT2D eigenvalue weighted by atomic mass is 19.4. The number of anilines is 1. The second-order valence-electron chi connectivity index (χ2n) is 4.91. The van der Waals surface area contributed by atoms with Crippen molar-refractivity contribution in [3.8, 4) is 0 Å². The Hall–Kier alpha value is -1.33. The van der Waals surface area contributed by atoms with Gasteiger partial charge in [-0.2, -0.15) is 13.2 Å². The average molecular weight is 250 g/mol. The van der Waals surface area contributed by atoms with Gasteiger partial charge in [0.05, 0.1) is 11.3 Å². The van der Waals surface area contributed by atoms with Crippen molar-refractivity contribution in [1.29, 1.82) is 0 Å². The minimum atomic E-state index is -4.64. The monoisotopic (exact) mass is 250 g/mol. The minimum Gasteiger partial charge on any atom is -0.381 e. The summed E-state index contributed by atoms with van der Waals surface area (Å²) in [4.78, 5) is 3.55. The van der Waals surface area contributed by atoms with Crippen LogP contribution in [0.4, 0.5) is 23.4 Å². The summed E-state index contributed by atoms with van der Waals surface area (Å²) in [5.74, 6) is -1.61. The number of hydrogen-bond donors (Lipinski definition) is 1. The summed E-state index contributed by atoms with van der Waals surface area (Å²) < 4.78 is 52.1. The first-order valence-electron chi connectivity index (χ1n) is 4.99. The van der Waals surface area contributed by atoms with Crippen molar-refractivity contribution in [3.63, 3.8) is 0 Å². The van der Waals surface area contributed by atoms with Gasteiger partial charge in [-0.05, 0) is 6.92 Å². The number of nitrogens with two attached hydrogens (primary N) is 1. The van der Waals surface area contributed by atoms with Gasteiger partial charge in [-0.15, -0.1) is 0 Å². The van der Waals surface area contributed by atoms with E-state index in [4.69, 9.17) is 5.73 Å². The lowest BCUT2D eigenvalue weighted by molar-refractivity contribution is -0.139. The SMILES string of the molecule is Cc1c(F)c(N)nc(C(C)(C)C)c1C(F)(F)F. The van der Waals surface area contributed by atoms with Gasteiger partial charge in [0.1, 0.15) is 0 Å². The third-order valence-electron chi connectivity index (χ3n) is 2.39. The number of alkyl halides is 3. The Bertz CT molecular complexity index is 444. The van der Waals surface area contributed by atoms with E-state index in [0.717, 1.165) is 6.92 Å². The molecule has 0 aromatic carbocycles. The molecule has 1 heterocycles. The Morgan fingerprint density at radius 2 is 1.59 bits per heavy atom. The Morgan fingerprint density at radius 3 is 1.94 bits per heavy atom. The number of hydrogen-bond acceptors (Lipinski definition) is 2. The molecule has 17 heavy (non-hydrogen) atoms. The van der Waals surface area contributed by atoms with Crippen LogP contribution in [0.2, 0.25) is 0 Å². The van der Waals surface area contributed by atoms with Crippen LogP contribution in [0, 0.1) is 12.7 Å². The summed E-state index contributed by atoms with van der Waals surface area (Å²) >= 11 is 0. The molecule has 0 atom stereocenters. The summed E-state index contributed by atoms with van der Waals surface area (Å²) in [6, 6.07) is 0. The van der Waals surface area contributed by atoms with Gasteiger partial charge < -0.3 is 5.73 Å². The van der Waals surface area contributed by atoms with Crippen LogP contribution in [0.3, 0.4) is 0 Å². The fourth-order valence-electron chi connectivity index (χ4n) is 1.59. The Labute approximate surface area is 96.8 Å². The first kappa shape index (κ1) is 13.7. The van der Waals surface area contributed by atoms with Crippen LogP contribution in [0.15, 0.2) is 0 Å². The smallest absolute Gasteiger partial charge is 0.381 e. The second-order valence-corrected chi connectivity index (χ2v) is 4.91. The maximum absolute atomic E-state index is 13.4. The number of pyridine rings is 1. The predicted octanol–water partition coefficient (Wildman–Crippen LogP) is 3.43. The van der Waals surface area contributed by atoms with Crippen LogP contribution < -0.4 is 5.73 Å². The third-order valence-corrected chi connectivity index (χ3v) is 2.39. The van der Waals surface area contributed by atoms with Crippen LogP contribution in [-0.2, 0) is 11.6 Å². The quantitative estimate of drug-likeness (QED) is 0.716. The van der Waals surface area contributed by atoms with E-state index in [1.54, 1.807) is 20.8 Å². The molecule has 2 N–H and O–H groups in total. The summed E-state index contributed by atoms with van der Waals surface area (Å²) in [6.45, 7) is 5.77. The molecule has 0 bridgehead atoms. The maximum Gasteiger partial charge on any atom is 0.418 e. The van der Waals surface area contributed by atoms with Crippen LogP contribution >= 0.6 is 0 Å². The fraction of sp³-hybridized carbons (Fsp3) is 0.545. The fourth-order valence-corrected chi connectivity index (χ4v) is 1.59. The van der Waals surface area contributed by atoms with E-state index in [9.17, 15) is 17.6 Å². The van der Waals surface area contributed by atoms with Crippen LogP contribution in [0.5, 0.6) is 0 Å². The third kappa shape index (κ3) is 2.50. The van der Waals surface area contributed by atoms with Crippen molar-refractivity contribution in [2.45, 2.75) is 39.3 Å². The average Bonchev–Trinajstić information content (AvgIpc) is 2.09. The van der Waals surface area contributed by atoms with E-state index in [0.29, 0.717) is 0 Å². The Kier molecular flexibility index (Phi) is 3.11. The highest BCUT2D eigenvalue weighted by molar-refractivity contribution is 5.46. The van der Waals surface area contributed by atoms with Crippen LogP contribution in [0.25, 0.3) is 0 Å². The molecule has 1 rings (SSSR count). The molecular weight excluding hydrogens is 236 g/mol. The van der Waals surface area contributed by atoms with Gasteiger partial charge in [-0.1, -0.05) is 20.8 Å². The molecule has 0 aliphatic heterocycles. The van der Waals surface area contributed by atoms with Crippen molar-refractivity contribution < 1.29 is 17.6 Å². The van der Waals surface area contributed by atoms with E-state index >= 15 is 0 Å². The molecule has 0 unspecified atom stereocenters. The summed E-state index contributed by atoms with van der Waals surface area (Å²) in [5.41, 5.74) is 2.64. The van der Waals surface area contributed by atoms with E-state index < -0.39 is 34.4 Å². The molecule has 0 aliphatic rings. The van der Waals surface area contributed by atoms with Crippen molar-refractivity contribution >= 4 is 5.82 Å². The van der Waals surface area contributed by atoms with Crippen molar-refractivity contribution in [2.24, 2.45) is 0 Å². The lowest BCUT2D eigenvalue weighted by Gasteiger charge is -2.25. The van der Waals surface area contributed by atoms with Gasteiger partial charge in [0.2, 0.25) is 0 Å². The molecule has 0 saturated heterocycles. The summed E-state index contributed by atoms with van der Waals surface area (Å²) in [7, 11) is 0. The zero-order valence-corrected chi connectivity index (χ0v) is 10.0. The molecule has 0 fully saturated rings. The highest BCUT2D eigenvalue weighted by Gasteiger charge is 2.40. The molecule has 0 amide bonds. The van der Waals surface area contributed by atoms with E-state index in [2.05, 4.69) is 4.98 Å². The normalized spacial score (nSPS) is 12.9. The van der Waals surface area contributed by atoms with E-state index in [-0.39, 0.29) is 5.69 Å². The van der Waals surface area contributed by atoms with Gasteiger partial charge in [0.25, 0.3) is 0 Å². The molecule has 0 spiro atoms. The standard InChI is InChI=1S/C11H14F4N2/c1-5-6(11(13,14)15)8(10(2,3)4)17-9(16)7(5)12/h1-4H3,(H2,16,17). The van der Waals surface area contributed by atoms with Gasteiger partial charge in [-0.25, -0.2) is 9.37 Å². The summed E-state index contributed by atoms with van der Waals surface area (Å²) in [5, 5.41) is 0. The molecule has 1 aromatic heterocycles. The number of nitrogen functional groups attached to an aromatic ring is 1. The van der Waals surface area contributed by atoms with Gasteiger partial charge in [0, 0.05) is 11.0 Å². The van der Waals surface area contributed by atoms with Crippen molar-refractivity contribution in [2.75, 3.05) is 5.73 Å². The molecule has 96 valence electrons.